The summed E-state index contributed by atoms with van der Waals surface area (Å²) in [5, 5.41) is 17.9. The van der Waals surface area contributed by atoms with Gasteiger partial charge in [-0.1, -0.05) is 20.8 Å². The van der Waals surface area contributed by atoms with Crippen molar-refractivity contribution in [2.24, 2.45) is 18.2 Å². The number of nitrogens with zero attached hydrogens (tertiary/aromatic N) is 3. The fourth-order valence-electron chi connectivity index (χ4n) is 1.51. The van der Waals surface area contributed by atoms with Gasteiger partial charge in [-0.25, -0.2) is 0 Å². The lowest BCUT2D eigenvalue weighted by molar-refractivity contribution is -0.384. The summed E-state index contributed by atoms with van der Waals surface area (Å²) in [6.45, 7) is 6.45. The van der Waals surface area contributed by atoms with Crippen molar-refractivity contribution >= 4 is 11.5 Å². The average Bonchev–Trinajstić information content (AvgIpc) is 2.54. The minimum Gasteiger partial charge on any atom is -0.358 e. The van der Waals surface area contributed by atoms with E-state index in [1.165, 1.54) is 10.9 Å². The second kappa shape index (κ2) is 4.70. The third-order valence-corrected chi connectivity index (χ3v) is 2.60. The van der Waals surface area contributed by atoms with Crippen molar-refractivity contribution in [3.63, 3.8) is 0 Å². The van der Waals surface area contributed by atoms with Crippen molar-refractivity contribution < 1.29 is 4.92 Å². The van der Waals surface area contributed by atoms with E-state index in [1.807, 2.05) is 20.8 Å². The minimum atomic E-state index is -0.453. The second-order valence-corrected chi connectivity index (χ2v) is 5.09. The van der Waals surface area contributed by atoms with Crippen molar-refractivity contribution in [3.05, 3.63) is 16.3 Å². The van der Waals surface area contributed by atoms with E-state index in [9.17, 15) is 10.1 Å². The van der Waals surface area contributed by atoms with Gasteiger partial charge in [0.2, 0.25) is 5.82 Å². The van der Waals surface area contributed by atoms with Gasteiger partial charge in [-0.2, -0.15) is 0 Å². The van der Waals surface area contributed by atoms with E-state index in [0.29, 0.717) is 6.54 Å². The van der Waals surface area contributed by atoms with Crippen LogP contribution in [-0.4, -0.2) is 27.3 Å². The van der Waals surface area contributed by atoms with Gasteiger partial charge < -0.3 is 11.1 Å². The molecule has 3 N–H and O–H groups in total. The van der Waals surface area contributed by atoms with E-state index in [4.69, 9.17) is 5.73 Å². The summed E-state index contributed by atoms with van der Waals surface area (Å²) in [6, 6.07) is -0.0731. The Labute approximate surface area is 100 Å². The molecule has 0 aromatic carbocycles. The first-order valence-electron chi connectivity index (χ1n) is 5.40. The van der Waals surface area contributed by atoms with Gasteiger partial charge in [-0.05, 0) is 5.41 Å². The van der Waals surface area contributed by atoms with Crippen LogP contribution in [0.1, 0.15) is 20.8 Å². The van der Waals surface area contributed by atoms with Crippen LogP contribution in [0.3, 0.4) is 0 Å². The third-order valence-electron chi connectivity index (χ3n) is 2.60. The Kier molecular flexibility index (Phi) is 3.72. The van der Waals surface area contributed by atoms with Crippen molar-refractivity contribution in [1.29, 1.82) is 0 Å². The van der Waals surface area contributed by atoms with E-state index >= 15 is 0 Å². The zero-order valence-electron chi connectivity index (χ0n) is 10.6. The largest absolute Gasteiger partial charge is 0.358 e. The molecule has 17 heavy (non-hydrogen) atoms. The number of aryl methyl sites for hydroxylation is 1. The maximum Gasteiger partial charge on any atom is 0.330 e. The molecule has 0 aliphatic heterocycles. The molecule has 0 aliphatic carbocycles. The third kappa shape index (κ3) is 3.16. The number of hydrogen-bond donors (Lipinski definition) is 2. The Morgan fingerprint density at radius 1 is 1.65 bits per heavy atom. The minimum absolute atomic E-state index is 0.0322. The lowest BCUT2D eigenvalue weighted by Crippen LogP contribution is -2.40. The number of rotatable bonds is 4. The molecule has 1 unspecified atom stereocenters. The van der Waals surface area contributed by atoms with Crippen LogP contribution in [-0.2, 0) is 7.05 Å². The number of hydrogen-bond acceptors (Lipinski definition) is 5. The van der Waals surface area contributed by atoms with Crippen LogP contribution in [0.25, 0.3) is 0 Å². The molecule has 1 atom stereocenters. The maximum absolute atomic E-state index is 10.8. The Morgan fingerprint density at radius 3 is 2.65 bits per heavy atom. The lowest BCUT2D eigenvalue weighted by atomic mass is 9.87. The fourth-order valence-corrected chi connectivity index (χ4v) is 1.51. The fraction of sp³-hybridized carbons (Fsp3) is 0.700. The van der Waals surface area contributed by atoms with Crippen LogP contribution in [0.4, 0.5) is 11.5 Å². The van der Waals surface area contributed by atoms with Gasteiger partial charge in [-0.3, -0.25) is 14.8 Å². The van der Waals surface area contributed by atoms with Gasteiger partial charge in [0.1, 0.15) is 6.20 Å². The van der Waals surface area contributed by atoms with Crippen LogP contribution in [0, 0.1) is 15.5 Å². The van der Waals surface area contributed by atoms with Gasteiger partial charge in [0.25, 0.3) is 0 Å². The zero-order chi connectivity index (χ0) is 13.2. The Hall–Kier alpha value is -1.63. The molecular weight excluding hydrogens is 222 g/mol. The van der Waals surface area contributed by atoms with E-state index < -0.39 is 4.92 Å². The Morgan fingerprint density at radius 2 is 2.24 bits per heavy atom. The highest BCUT2D eigenvalue weighted by atomic mass is 16.6. The molecule has 7 nitrogen and oxygen atoms in total. The first-order valence-corrected chi connectivity index (χ1v) is 5.40. The Balaban J connectivity index is 2.97. The number of nitrogens with two attached hydrogens (primary N) is 1. The monoisotopic (exact) mass is 241 g/mol. The van der Waals surface area contributed by atoms with Gasteiger partial charge >= 0.3 is 5.69 Å². The predicted octanol–water partition coefficient (Wildman–Crippen LogP) is 1.11. The quantitative estimate of drug-likeness (QED) is 0.607. The van der Waals surface area contributed by atoms with Crippen LogP contribution >= 0.6 is 0 Å². The van der Waals surface area contributed by atoms with Crippen LogP contribution in [0.2, 0.25) is 0 Å². The van der Waals surface area contributed by atoms with Crippen LogP contribution < -0.4 is 11.1 Å². The molecule has 0 aliphatic rings. The van der Waals surface area contributed by atoms with E-state index in [-0.39, 0.29) is 23.0 Å². The molecule has 1 rings (SSSR count). The van der Waals surface area contributed by atoms with Crippen molar-refractivity contribution in [2.45, 2.75) is 26.8 Å². The lowest BCUT2D eigenvalue weighted by Gasteiger charge is -2.30. The summed E-state index contributed by atoms with van der Waals surface area (Å²) in [4.78, 5) is 10.4. The summed E-state index contributed by atoms with van der Waals surface area (Å²) >= 11 is 0. The molecule has 7 heteroatoms. The molecule has 0 fully saturated rings. The van der Waals surface area contributed by atoms with E-state index in [0.717, 1.165) is 0 Å². The smallest absolute Gasteiger partial charge is 0.330 e. The van der Waals surface area contributed by atoms with Gasteiger partial charge in [0.05, 0.1) is 4.92 Å². The first-order chi connectivity index (χ1) is 7.75. The Bertz CT molecular complexity index is 407. The van der Waals surface area contributed by atoms with Crippen molar-refractivity contribution in [3.8, 4) is 0 Å². The molecule has 96 valence electrons. The summed E-state index contributed by atoms with van der Waals surface area (Å²) in [7, 11) is 1.65. The number of aromatic nitrogens is 2. The number of nitrogens with one attached hydrogen (secondary N) is 1. The normalized spacial score (nSPS) is 13.5. The standard InChI is InChI=1S/C10H19N5O2/c1-10(2,3)8(5-11)12-9-7(15(16)17)6-14(4)13-9/h6,8H,5,11H2,1-4H3,(H,12,13). The highest BCUT2D eigenvalue weighted by molar-refractivity contribution is 5.55. The average molecular weight is 241 g/mol. The molecule has 1 heterocycles. The molecule has 0 radical (unpaired) electrons. The topological polar surface area (TPSA) is 99.0 Å². The molecule has 0 amide bonds. The van der Waals surface area contributed by atoms with Crippen LogP contribution in [0.5, 0.6) is 0 Å². The number of anilines is 1. The molecule has 1 aromatic rings. The highest BCUT2D eigenvalue weighted by Crippen LogP contribution is 2.27. The molecule has 0 bridgehead atoms. The van der Waals surface area contributed by atoms with Gasteiger partial charge in [-0.15, -0.1) is 5.10 Å². The summed E-state index contributed by atoms with van der Waals surface area (Å²) in [6.07, 6.45) is 1.37. The molecule has 0 spiro atoms. The highest BCUT2D eigenvalue weighted by Gasteiger charge is 2.27. The van der Waals surface area contributed by atoms with E-state index in [1.54, 1.807) is 7.05 Å². The number of nitro groups is 1. The summed E-state index contributed by atoms with van der Waals surface area (Å²) in [5.41, 5.74) is 5.54. The zero-order valence-corrected chi connectivity index (χ0v) is 10.6. The predicted molar refractivity (Wildman–Crippen MR) is 65.8 cm³/mol. The van der Waals surface area contributed by atoms with E-state index in [2.05, 4.69) is 10.4 Å². The van der Waals surface area contributed by atoms with Crippen molar-refractivity contribution in [1.82, 2.24) is 9.78 Å². The summed E-state index contributed by atoms with van der Waals surface area (Å²) < 4.78 is 1.41. The van der Waals surface area contributed by atoms with Crippen LogP contribution in [0.15, 0.2) is 6.20 Å². The molecule has 1 aromatic heterocycles. The van der Waals surface area contributed by atoms with Crippen molar-refractivity contribution in [2.75, 3.05) is 11.9 Å². The molecular formula is C10H19N5O2. The SMILES string of the molecule is Cn1cc([N+](=O)[O-])c(NC(CN)C(C)(C)C)n1. The summed E-state index contributed by atoms with van der Waals surface area (Å²) in [5.74, 6) is 0.267. The maximum atomic E-state index is 10.8. The second-order valence-electron chi connectivity index (χ2n) is 5.09. The van der Waals surface area contributed by atoms with Gasteiger partial charge in [0.15, 0.2) is 0 Å². The molecule has 0 saturated heterocycles. The van der Waals surface area contributed by atoms with Gasteiger partial charge in [0, 0.05) is 19.6 Å². The first kappa shape index (κ1) is 13.4. The molecule has 0 saturated carbocycles.